The summed E-state index contributed by atoms with van der Waals surface area (Å²) in [5.74, 6) is 1.12. The van der Waals surface area contributed by atoms with Gasteiger partial charge in [0.25, 0.3) is 0 Å². The first kappa shape index (κ1) is 17.9. The minimum Gasteiger partial charge on any atom is -0.441 e. The zero-order valence-electron chi connectivity index (χ0n) is 18.3. The number of aromatic amines is 1. The summed E-state index contributed by atoms with van der Waals surface area (Å²) in [6, 6.07) is 0.544. The third-order valence-corrected chi connectivity index (χ3v) is 6.60. The molecule has 6 heterocycles. The summed E-state index contributed by atoms with van der Waals surface area (Å²) in [6.07, 6.45) is 6.77. The van der Waals surface area contributed by atoms with Crippen molar-refractivity contribution in [3.63, 3.8) is 0 Å². The zero-order valence-corrected chi connectivity index (χ0v) is 18.3. The Balaban J connectivity index is 1.39. The molecule has 0 spiro atoms. The van der Waals surface area contributed by atoms with Crippen LogP contribution in [-0.4, -0.2) is 29.1 Å². The number of hydrogen-bond acceptors (Lipinski definition) is 6. The van der Waals surface area contributed by atoms with Crippen LogP contribution in [0.1, 0.15) is 42.5 Å². The predicted molar refractivity (Wildman–Crippen MR) is 118 cm³/mol. The largest absolute Gasteiger partial charge is 0.441 e. The average Bonchev–Trinajstić information content (AvgIpc) is 3.21. The van der Waals surface area contributed by atoms with E-state index in [0.29, 0.717) is 23.5 Å². The lowest BCUT2D eigenvalue weighted by atomic mass is 10.2. The summed E-state index contributed by atoms with van der Waals surface area (Å²) in [5.41, 5.74) is 9.46. The lowest BCUT2D eigenvalue weighted by Gasteiger charge is -2.02. The highest BCUT2D eigenvalue weighted by molar-refractivity contribution is 5.88. The van der Waals surface area contributed by atoms with Crippen molar-refractivity contribution in [2.45, 2.75) is 46.1 Å². The summed E-state index contributed by atoms with van der Waals surface area (Å²) in [7, 11) is 1.97. The van der Waals surface area contributed by atoms with Crippen LogP contribution >= 0.6 is 0 Å². The number of aryl methyl sites for hydroxylation is 4. The van der Waals surface area contributed by atoms with Gasteiger partial charge in [0.2, 0.25) is 11.8 Å². The molecule has 0 saturated heterocycles. The molecule has 6 aromatic rings. The van der Waals surface area contributed by atoms with E-state index in [0.717, 1.165) is 62.5 Å². The maximum atomic E-state index is 6.25. The van der Waals surface area contributed by atoms with E-state index in [9.17, 15) is 0 Å². The summed E-state index contributed by atoms with van der Waals surface area (Å²) in [5, 5.41) is 0. The molecular formula is C23H22N6O3. The molecule has 0 unspecified atom stereocenters. The molecule has 9 nitrogen and oxygen atoms in total. The second-order valence-corrected chi connectivity index (χ2v) is 8.69. The highest BCUT2D eigenvalue weighted by atomic mass is 16.4. The number of aromatic nitrogens is 6. The van der Waals surface area contributed by atoms with E-state index in [4.69, 9.17) is 23.2 Å². The third kappa shape index (κ3) is 2.20. The summed E-state index contributed by atoms with van der Waals surface area (Å²) in [6.45, 7) is 6.16. The zero-order chi connectivity index (χ0) is 21.7. The number of fused-ring (bicyclic) bond motifs is 3. The Labute approximate surface area is 182 Å². The van der Waals surface area contributed by atoms with Gasteiger partial charge in [0.15, 0.2) is 40.1 Å². The van der Waals surface area contributed by atoms with E-state index < -0.39 is 0 Å². The standard InChI is InChI=1S/C23H22N6O3/c1-5-13-14(25-19-18(13)30-9-24-19)22-26-20-17(32-22)11(3)15(28(20)4)23-27-21-16(31-23)10(2)8-29(21)12-6-7-12/h8-9,12,25H,5-7H2,1-4H3. The molecule has 9 heteroatoms. The molecule has 0 atom stereocenters. The molecule has 0 aliphatic heterocycles. The van der Waals surface area contributed by atoms with E-state index in [-0.39, 0.29) is 0 Å². The van der Waals surface area contributed by atoms with Crippen LogP contribution in [-0.2, 0) is 13.5 Å². The minimum absolute atomic E-state index is 0.527. The number of rotatable bonds is 4. The lowest BCUT2D eigenvalue weighted by molar-refractivity contribution is 0.595. The fourth-order valence-electron chi connectivity index (χ4n) is 4.84. The molecule has 7 rings (SSSR count). The SMILES string of the molecule is CCc1c(-c2nc3c(o2)c(C)c(-c2nc4c(o2)c(C)cn4C2CC2)n3C)[nH]c2ncoc12. The first-order chi connectivity index (χ1) is 15.5. The van der Waals surface area contributed by atoms with E-state index >= 15 is 0 Å². The fourth-order valence-corrected chi connectivity index (χ4v) is 4.84. The van der Waals surface area contributed by atoms with Gasteiger partial charge >= 0.3 is 0 Å². The smallest absolute Gasteiger partial charge is 0.246 e. The first-order valence-corrected chi connectivity index (χ1v) is 10.9. The Morgan fingerprint density at radius 2 is 1.84 bits per heavy atom. The first-order valence-electron chi connectivity index (χ1n) is 10.9. The number of hydrogen-bond donors (Lipinski definition) is 1. The van der Waals surface area contributed by atoms with Gasteiger partial charge in [0.1, 0.15) is 11.4 Å². The molecule has 0 aromatic carbocycles. The Bertz CT molecular complexity index is 1620. The maximum absolute atomic E-state index is 6.25. The van der Waals surface area contributed by atoms with Gasteiger partial charge in [-0.15, -0.1) is 0 Å². The van der Waals surface area contributed by atoms with Crippen LogP contribution in [0, 0.1) is 13.8 Å². The van der Waals surface area contributed by atoms with Crippen molar-refractivity contribution in [3.8, 4) is 23.2 Å². The van der Waals surface area contributed by atoms with E-state index in [1.54, 1.807) is 0 Å². The van der Waals surface area contributed by atoms with E-state index in [1.807, 2.05) is 18.5 Å². The summed E-state index contributed by atoms with van der Waals surface area (Å²) in [4.78, 5) is 17.2. The second-order valence-electron chi connectivity index (χ2n) is 8.69. The monoisotopic (exact) mass is 430 g/mol. The quantitative estimate of drug-likeness (QED) is 0.400. The molecule has 162 valence electrons. The fraction of sp³-hybridized carbons (Fsp3) is 0.348. The van der Waals surface area contributed by atoms with Gasteiger partial charge < -0.3 is 27.4 Å². The van der Waals surface area contributed by atoms with Crippen LogP contribution in [0.3, 0.4) is 0 Å². The number of H-pyrrole nitrogens is 1. The van der Waals surface area contributed by atoms with Gasteiger partial charge in [-0.3, -0.25) is 0 Å². The summed E-state index contributed by atoms with van der Waals surface area (Å²) >= 11 is 0. The Morgan fingerprint density at radius 3 is 2.59 bits per heavy atom. The lowest BCUT2D eigenvalue weighted by Crippen LogP contribution is -1.96. The van der Waals surface area contributed by atoms with Crippen molar-refractivity contribution in [1.82, 2.24) is 29.1 Å². The van der Waals surface area contributed by atoms with Crippen LogP contribution in [0.15, 0.2) is 25.8 Å². The maximum Gasteiger partial charge on any atom is 0.246 e. The van der Waals surface area contributed by atoms with Crippen molar-refractivity contribution >= 4 is 33.7 Å². The molecule has 0 amide bonds. The topological polar surface area (TPSA) is 104 Å². The third-order valence-electron chi connectivity index (χ3n) is 6.60. The molecule has 1 fully saturated rings. The van der Waals surface area contributed by atoms with Crippen molar-refractivity contribution in [2.24, 2.45) is 7.05 Å². The molecule has 1 saturated carbocycles. The molecule has 1 aliphatic rings. The van der Waals surface area contributed by atoms with Gasteiger partial charge in [-0.05, 0) is 33.1 Å². The van der Waals surface area contributed by atoms with Crippen molar-refractivity contribution in [3.05, 3.63) is 29.3 Å². The molecule has 1 aliphatic carbocycles. The van der Waals surface area contributed by atoms with E-state index in [2.05, 4.69) is 34.6 Å². The average molecular weight is 430 g/mol. The molecule has 32 heavy (non-hydrogen) atoms. The van der Waals surface area contributed by atoms with Crippen LogP contribution in [0.2, 0.25) is 0 Å². The van der Waals surface area contributed by atoms with Crippen molar-refractivity contribution in [2.75, 3.05) is 0 Å². The van der Waals surface area contributed by atoms with Crippen molar-refractivity contribution in [1.29, 1.82) is 0 Å². The summed E-state index contributed by atoms with van der Waals surface area (Å²) < 4.78 is 22.3. The number of oxazole rings is 3. The number of nitrogens with zero attached hydrogens (tertiary/aromatic N) is 5. The van der Waals surface area contributed by atoms with Gasteiger partial charge in [-0.25, -0.2) is 0 Å². The highest BCUT2D eigenvalue weighted by Gasteiger charge is 2.30. The molecule has 0 radical (unpaired) electrons. The van der Waals surface area contributed by atoms with Crippen LogP contribution < -0.4 is 0 Å². The van der Waals surface area contributed by atoms with Crippen LogP contribution in [0.4, 0.5) is 0 Å². The molecule has 6 aromatic heterocycles. The van der Waals surface area contributed by atoms with Gasteiger partial charge in [0, 0.05) is 36.0 Å². The molecule has 1 N–H and O–H groups in total. The van der Waals surface area contributed by atoms with Crippen LogP contribution in [0.5, 0.6) is 0 Å². The van der Waals surface area contributed by atoms with Crippen LogP contribution in [0.25, 0.3) is 56.9 Å². The minimum atomic E-state index is 0.527. The number of nitrogens with one attached hydrogen (secondary N) is 1. The van der Waals surface area contributed by atoms with E-state index in [1.165, 1.54) is 19.2 Å². The highest BCUT2D eigenvalue weighted by Crippen LogP contribution is 2.41. The van der Waals surface area contributed by atoms with Gasteiger partial charge in [-0.2, -0.15) is 15.0 Å². The van der Waals surface area contributed by atoms with Gasteiger partial charge in [-0.1, -0.05) is 6.92 Å². The van der Waals surface area contributed by atoms with Gasteiger partial charge in [0.05, 0.1) is 0 Å². The Kier molecular flexibility index (Phi) is 3.32. The predicted octanol–water partition coefficient (Wildman–Crippen LogP) is 5.43. The van der Waals surface area contributed by atoms with Crippen molar-refractivity contribution < 1.29 is 13.3 Å². The molecule has 0 bridgehead atoms. The Morgan fingerprint density at radius 1 is 1.06 bits per heavy atom. The second kappa shape index (κ2) is 5.93. The normalized spacial score (nSPS) is 14.6. The molecular weight excluding hydrogens is 408 g/mol. The Hall–Kier alpha value is -3.75.